The standard InChI is InChI=1S/C74H128O6/c1-4-7-10-13-16-19-22-25-28-31-33-34-35-36-37-38-39-40-41-44-46-49-52-55-58-61-64-67-73(76)79-70-71(69-78-72(75)66-63-60-57-54-51-48-45-42-30-27-24-21-18-15-12-9-6-3)80-74(77)68-65-62-59-56-53-50-47-43-32-29-26-23-20-17-14-11-8-5-2/h9,12,18,20-21,23,27,29-33,45,48,54,57,71H,4-8,10-11,13-17,19,22,24-26,28,34-44,46-47,49-53,55-56,58-70H2,1-3H3/b12-9-,21-18-,23-20-,30-27-,32-29-,33-31-,48-45-,57-54-. The smallest absolute Gasteiger partial charge is 0.306 e. The highest BCUT2D eigenvalue weighted by atomic mass is 16.6. The zero-order valence-corrected chi connectivity index (χ0v) is 52.8. The van der Waals surface area contributed by atoms with E-state index >= 15 is 0 Å². The Morgan fingerprint density at radius 2 is 0.500 bits per heavy atom. The maximum Gasteiger partial charge on any atom is 0.306 e. The highest BCUT2D eigenvalue weighted by Gasteiger charge is 2.19. The van der Waals surface area contributed by atoms with Gasteiger partial charge >= 0.3 is 17.9 Å². The third kappa shape index (κ3) is 65.1. The van der Waals surface area contributed by atoms with E-state index in [1.165, 1.54) is 199 Å². The molecular formula is C74H128O6. The molecule has 0 bridgehead atoms. The van der Waals surface area contributed by atoms with Crippen LogP contribution in [-0.2, 0) is 28.6 Å². The van der Waals surface area contributed by atoms with Gasteiger partial charge in [-0.1, -0.05) is 298 Å². The van der Waals surface area contributed by atoms with E-state index in [4.69, 9.17) is 14.2 Å². The van der Waals surface area contributed by atoms with Crippen LogP contribution in [0.15, 0.2) is 97.2 Å². The molecule has 0 aromatic carbocycles. The average Bonchev–Trinajstić information content (AvgIpc) is 3.46. The van der Waals surface area contributed by atoms with E-state index in [1.807, 2.05) is 0 Å². The minimum atomic E-state index is -0.807. The fraction of sp³-hybridized carbons (Fsp3) is 0.743. The van der Waals surface area contributed by atoms with Gasteiger partial charge in [-0.05, 0) is 116 Å². The molecule has 6 nitrogen and oxygen atoms in total. The van der Waals surface area contributed by atoms with Crippen molar-refractivity contribution in [2.45, 2.75) is 341 Å². The van der Waals surface area contributed by atoms with E-state index in [0.29, 0.717) is 19.3 Å². The summed E-state index contributed by atoms with van der Waals surface area (Å²) in [6.45, 7) is 6.49. The molecule has 0 heterocycles. The van der Waals surface area contributed by atoms with Crippen LogP contribution in [-0.4, -0.2) is 37.2 Å². The van der Waals surface area contributed by atoms with Crippen LogP contribution in [0.4, 0.5) is 0 Å². The molecule has 0 aromatic heterocycles. The van der Waals surface area contributed by atoms with Gasteiger partial charge < -0.3 is 14.2 Å². The van der Waals surface area contributed by atoms with Crippen molar-refractivity contribution in [3.8, 4) is 0 Å². The zero-order valence-electron chi connectivity index (χ0n) is 52.8. The Morgan fingerprint density at radius 3 is 0.838 bits per heavy atom. The van der Waals surface area contributed by atoms with Gasteiger partial charge in [0, 0.05) is 19.3 Å². The van der Waals surface area contributed by atoms with E-state index in [-0.39, 0.29) is 37.5 Å². The second kappa shape index (κ2) is 67.8. The number of allylic oxidation sites excluding steroid dienone is 16. The van der Waals surface area contributed by atoms with E-state index < -0.39 is 6.10 Å². The lowest BCUT2D eigenvalue weighted by atomic mass is 10.0. The number of hydrogen-bond acceptors (Lipinski definition) is 6. The average molecular weight is 1110 g/mol. The molecule has 80 heavy (non-hydrogen) atoms. The molecule has 0 spiro atoms. The number of hydrogen-bond donors (Lipinski definition) is 0. The van der Waals surface area contributed by atoms with Gasteiger partial charge in [0.15, 0.2) is 6.10 Å². The highest BCUT2D eigenvalue weighted by Crippen LogP contribution is 2.17. The topological polar surface area (TPSA) is 78.9 Å². The van der Waals surface area contributed by atoms with Crippen molar-refractivity contribution in [1.82, 2.24) is 0 Å². The molecule has 0 aliphatic carbocycles. The largest absolute Gasteiger partial charge is 0.462 e. The lowest BCUT2D eigenvalue weighted by molar-refractivity contribution is -0.167. The second-order valence-electron chi connectivity index (χ2n) is 22.7. The van der Waals surface area contributed by atoms with Crippen LogP contribution >= 0.6 is 0 Å². The minimum absolute atomic E-state index is 0.0970. The van der Waals surface area contributed by atoms with Crippen LogP contribution in [0.1, 0.15) is 335 Å². The number of carbonyl (C=O) groups excluding carboxylic acids is 3. The molecular weight excluding hydrogens is 985 g/mol. The van der Waals surface area contributed by atoms with E-state index in [0.717, 1.165) is 89.9 Å². The third-order valence-corrected chi connectivity index (χ3v) is 14.8. The molecule has 0 aliphatic rings. The molecule has 0 radical (unpaired) electrons. The van der Waals surface area contributed by atoms with Crippen molar-refractivity contribution in [3.05, 3.63) is 97.2 Å². The summed E-state index contributed by atoms with van der Waals surface area (Å²) >= 11 is 0. The number of rotatable bonds is 62. The molecule has 0 saturated carbocycles. The Bertz CT molecular complexity index is 1560. The summed E-state index contributed by atoms with van der Waals surface area (Å²) < 4.78 is 16.9. The summed E-state index contributed by atoms with van der Waals surface area (Å²) in [5, 5.41) is 0. The molecule has 1 atom stereocenters. The molecule has 0 fully saturated rings. The van der Waals surface area contributed by atoms with Crippen LogP contribution < -0.4 is 0 Å². The molecule has 0 aliphatic heterocycles. The monoisotopic (exact) mass is 1110 g/mol. The Kier molecular flexibility index (Phi) is 64.7. The number of unbranched alkanes of at least 4 members (excludes halogenated alkanes) is 35. The van der Waals surface area contributed by atoms with Gasteiger partial charge in [0.05, 0.1) is 0 Å². The molecule has 6 heteroatoms. The van der Waals surface area contributed by atoms with Gasteiger partial charge in [-0.25, -0.2) is 0 Å². The second-order valence-corrected chi connectivity index (χ2v) is 22.7. The van der Waals surface area contributed by atoms with Crippen LogP contribution in [0.5, 0.6) is 0 Å². The first-order chi connectivity index (χ1) is 39.5. The van der Waals surface area contributed by atoms with Crippen molar-refractivity contribution in [3.63, 3.8) is 0 Å². The Morgan fingerprint density at radius 1 is 0.263 bits per heavy atom. The zero-order chi connectivity index (χ0) is 57.8. The fourth-order valence-electron chi connectivity index (χ4n) is 9.68. The van der Waals surface area contributed by atoms with Crippen molar-refractivity contribution < 1.29 is 28.6 Å². The van der Waals surface area contributed by atoms with E-state index in [2.05, 4.69) is 118 Å². The van der Waals surface area contributed by atoms with E-state index in [1.54, 1.807) is 0 Å². The van der Waals surface area contributed by atoms with Crippen LogP contribution in [0.2, 0.25) is 0 Å². The summed E-state index contributed by atoms with van der Waals surface area (Å²) in [6.07, 6.45) is 91.5. The summed E-state index contributed by atoms with van der Waals surface area (Å²) in [7, 11) is 0. The number of carbonyl (C=O) groups is 3. The predicted octanol–water partition coefficient (Wildman–Crippen LogP) is 23.6. The summed E-state index contributed by atoms with van der Waals surface area (Å²) in [4.78, 5) is 38.4. The molecule has 0 N–H and O–H groups in total. The molecule has 0 amide bonds. The Balaban J connectivity index is 4.36. The van der Waals surface area contributed by atoms with Crippen LogP contribution in [0.25, 0.3) is 0 Å². The van der Waals surface area contributed by atoms with Gasteiger partial charge in [-0.2, -0.15) is 0 Å². The maximum atomic E-state index is 12.9. The summed E-state index contributed by atoms with van der Waals surface area (Å²) in [5.74, 6) is -0.953. The van der Waals surface area contributed by atoms with Crippen LogP contribution in [0.3, 0.4) is 0 Å². The highest BCUT2D eigenvalue weighted by molar-refractivity contribution is 5.71. The van der Waals surface area contributed by atoms with Gasteiger partial charge in [0.25, 0.3) is 0 Å². The number of ether oxygens (including phenoxy) is 3. The molecule has 0 aromatic rings. The van der Waals surface area contributed by atoms with Gasteiger partial charge in [-0.3, -0.25) is 14.4 Å². The lowest BCUT2D eigenvalue weighted by Crippen LogP contribution is -2.30. The van der Waals surface area contributed by atoms with Crippen LogP contribution in [0, 0.1) is 0 Å². The third-order valence-electron chi connectivity index (χ3n) is 14.8. The lowest BCUT2D eigenvalue weighted by Gasteiger charge is -2.18. The molecule has 0 rings (SSSR count). The van der Waals surface area contributed by atoms with E-state index in [9.17, 15) is 14.4 Å². The van der Waals surface area contributed by atoms with Gasteiger partial charge in [0.1, 0.15) is 13.2 Å². The maximum absolute atomic E-state index is 12.9. The number of esters is 3. The van der Waals surface area contributed by atoms with Crippen molar-refractivity contribution >= 4 is 17.9 Å². The first kappa shape index (κ1) is 76.3. The van der Waals surface area contributed by atoms with Crippen molar-refractivity contribution in [1.29, 1.82) is 0 Å². The van der Waals surface area contributed by atoms with Gasteiger partial charge in [0.2, 0.25) is 0 Å². The first-order valence-electron chi connectivity index (χ1n) is 34.2. The predicted molar refractivity (Wildman–Crippen MR) is 348 cm³/mol. The minimum Gasteiger partial charge on any atom is -0.462 e. The SMILES string of the molecule is CC/C=C\C/C=C\C/C=C\C/C=C\C/C=C\CCCC(=O)OCC(COC(=O)CCCCCCCCCCCCCCCCC/C=C\CCCCCCCCCC)OC(=O)CCCCCCCCC/C=C\C/C=C\CCCCCC. The van der Waals surface area contributed by atoms with Crippen molar-refractivity contribution in [2.24, 2.45) is 0 Å². The fourth-order valence-corrected chi connectivity index (χ4v) is 9.68. The normalized spacial score (nSPS) is 12.7. The van der Waals surface area contributed by atoms with Gasteiger partial charge in [-0.15, -0.1) is 0 Å². The Labute approximate surface area is 496 Å². The summed E-state index contributed by atoms with van der Waals surface area (Å²) in [5.41, 5.74) is 0. The Hall–Kier alpha value is -3.67. The molecule has 0 saturated heterocycles. The quantitative estimate of drug-likeness (QED) is 0.0261. The van der Waals surface area contributed by atoms with Crippen molar-refractivity contribution in [2.75, 3.05) is 13.2 Å². The molecule has 460 valence electrons. The molecule has 1 unspecified atom stereocenters. The first-order valence-corrected chi connectivity index (χ1v) is 34.2. The summed E-state index contributed by atoms with van der Waals surface area (Å²) in [6, 6.07) is 0.